The third-order valence-corrected chi connectivity index (χ3v) is 2.80. The van der Waals surface area contributed by atoms with E-state index in [-0.39, 0.29) is 17.1 Å². The summed E-state index contributed by atoms with van der Waals surface area (Å²) in [6, 6.07) is 4.71. The summed E-state index contributed by atoms with van der Waals surface area (Å²) in [5.41, 5.74) is -2.05. The van der Waals surface area contributed by atoms with E-state index in [4.69, 9.17) is 9.52 Å². The van der Waals surface area contributed by atoms with Gasteiger partial charge in [-0.3, -0.25) is 10.1 Å². The lowest BCUT2D eigenvalue weighted by Crippen LogP contribution is -2.06. The Hall–Kier alpha value is -3.10. The first-order valence-corrected chi connectivity index (χ1v) is 6.05. The second-order valence-electron chi connectivity index (χ2n) is 4.36. The van der Waals surface area contributed by atoms with E-state index in [1.54, 1.807) is 0 Å². The standard InChI is InChI=1S/C14H8F3NO5/c15-14(16,17)8-1-4-10(11(7-8)18(21)22)12-5-2-9(23-12)3-6-13(19)20/h1-7H,(H,19,20)/b6-3+. The number of furan rings is 1. The van der Waals surface area contributed by atoms with Crippen LogP contribution in [-0.4, -0.2) is 16.0 Å². The minimum Gasteiger partial charge on any atom is -0.478 e. The highest BCUT2D eigenvalue weighted by molar-refractivity contribution is 5.85. The Labute approximate surface area is 126 Å². The van der Waals surface area contributed by atoms with Crippen LogP contribution in [0.25, 0.3) is 17.4 Å². The van der Waals surface area contributed by atoms with Gasteiger partial charge in [-0.2, -0.15) is 13.2 Å². The first-order chi connectivity index (χ1) is 10.7. The Morgan fingerprint density at radius 2 is 1.96 bits per heavy atom. The van der Waals surface area contributed by atoms with E-state index >= 15 is 0 Å². The minimum atomic E-state index is -4.71. The van der Waals surface area contributed by atoms with E-state index in [0.717, 1.165) is 18.2 Å². The SMILES string of the molecule is O=C(O)/C=C/c1ccc(-c2ccc(C(F)(F)F)cc2[N+](=O)[O-])o1. The second kappa shape index (κ2) is 5.95. The van der Waals surface area contributed by atoms with Gasteiger partial charge in [0.1, 0.15) is 11.5 Å². The number of halogens is 3. The van der Waals surface area contributed by atoms with Gasteiger partial charge in [0.05, 0.1) is 16.1 Å². The minimum absolute atomic E-state index is 0.0459. The molecular weight excluding hydrogens is 319 g/mol. The van der Waals surface area contributed by atoms with Crippen LogP contribution in [0.15, 0.2) is 40.8 Å². The van der Waals surface area contributed by atoms with E-state index in [1.165, 1.54) is 12.1 Å². The van der Waals surface area contributed by atoms with E-state index in [9.17, 15) is 28.1 Å². The van der Waals surface area contributed by atoms with Gasteiger partial charge in [-0.05, 0) is 30.3 Å². The zero-order chi connectivity index (χ0) is 17.2. The lowest BCUT2D eigenvalue weighted by molar-refractivity contribution is -0.384. The third-order valence-electron chi connectivity index (χ3n) is 2.80. The zero-order valence-corrected chi connectivity index (χ0v) is 11.2. The van der Waals surface area contributed by atoms with Gasteiger partial charge in [-0.1, -0.05) is 0 Å². The molecule has 120 valence electrons. The largest absolute Gasteiger partial charge is 0.478 e. The number of benzene rings is 1. The van der Waals surface area contributed by atoms with Crippen LogP contribution in [0.2, 0.25) is 0 Å². The van der Waals surface area contributed by atoms with Crippen LogP contribution in [0.1, 0.15) is 11.3 Å². The van der Waals surface area contributed by atoms with Crippen LogP contribution in [-0.2, 0) is 11.0 Å². The molecule has 1 N–H and O–H groups in total. The van der Waals surface area contributed by atoms with Gasteiger partial charge in [0.2, 0.25) is 0 Å². The summed E-state index contributed by atoms with van der Waals surface area (Å²) in [7, 11) is 0. The van der Waals surface area contributed by atoms with Crippen LogP contribution < -0.4 is 0 Å². The topological polar surface area (TPSA) is 93.6 Å². The van der Waals surface area contributed by atoms with Crippen LogP contribution in [0.3, 0.4) is 0 Å². The number of nitro groups is 1. The van der Waals surface area contributed by atoms with Gasteiger partial charge in [0.15, 0.2) is 0 Å². The molecular formula is C14H8F3NO5. The Kier molecular flexibility index (Phi) is 4.21. The predicted molar refractivity (Wildman–Crippen MR) is 72.5 cm³/mol. The first kappa shape index (κ1) is 16.3. The van der Waals surface area contributed by atoms with Crippen molar-refractivity contribution in [3.8, 4) is 11.3 Å². The van der Waals surface area contributed by atoms with Crippen molar-refractivity contribution in [1.29, 1.82) is 0 Å². The number of hydrogen-bond acceptors (Lipinski definition) is 4. The molecule has 1 aromatic heterocycles. The van der Waals surface area contributed by atoms with Gasteiger partial charge < -0.3 is 9.52 Å². The van der Waals surface area contributed by atoms with Crippen molar-refractivity contribution in [2.24, 2.45) is 0 Å². The van der Waals surface area contributed by atoms with Gasteiger partial charge in [-0.15, -0.1) is 0 Å². The number of aliphatic carboxylic acids is 1. The summed E-state index contributed by atoms with van der Waals surface area (Å²) in [6.45, 7) is 0. The molecule has 2 rings (SSSR count). The highest BCUT2D eigenvalue weighted by Gasteiger charge is 2.33. The smallest absolute Gasteiger partial charge is 0.416 e. The molecule has 0 aliphatic rings. The summed E-state index contributed by atoms with van der Waals surface area (Å²) < 4.78 is 43.1. The second-order valence-corrected chi connectivity index (χ2v) is 4.36. The average molecular weight is 327 g/mol. The molecule has 1 aromatic carbocycles. The third kappa shape index (κ3) is 3.76. The Morgan fingerprint density at radius 1 is 1.26 bits per heavy atom. The van der Waals surface area contributed by atoms with Crippen LogP contribution in [0.4, 0.5) is 18.9 Å². The summed E-state index contributed by atoms with van der Waals surface area (Å²) >= 11 is 0. The number of rotatable bonds is 4. The monoisotopic (exact) mass is 327 g/mol. The molecule has 0 spiro atoms. The molecule has 2 aromatic rings. The Morgan fingerprint density at radius 3 is 2.52 bits per heavy atom. The van der Waals surface area contributed by atoms with Gasteiger partial charge in [-0.25, -0.2) is 4.79 Å². The Balaban J connectivity index is 2.47. The van der Waals surface area contributed by atoms with Crippen LogP contribution in [0.5, 0.6) is 0 Å². The summed E-state index contributed by atoms with van der Waals surface area (Å²) in [5.74, 6) is -1.17. The van der Waals surface area contributed by atoms with E-state index in [0.29, 0.717) is 12.1 Å². The van der Waals surface area contributed by atoms with Gasteiger partial charge in [0, 0.05) is 12.1 Å². The molecule has 0 aliphatic heterocycles. The lowest BCUT2D eigenvalue weighted by Gasteiger charge is -2.07. The molecule has 0 saturated heterocycles. The molecule has 0 atom stereocenters. The number of hydrogen-bond donors (Lipinski definition) is 1. The summed E-state index contributed by atoms with van der Waals surface area (Å²) in [6.07, 6.45) is -2.80. The molecule has 0 bridgehead atoms. The number of alkyl halides is 3. The highest BCUT2D eigenvalue weighted by Crippen LogP contribution is 2.37. The molecule has 0 fully saturated rings. The van der Waals surface area contributed by atoms with Crippen molar-refractivity contribution in [2.75, 3.05) is 0 Å². The fraction of sp³-hybridized carbons (Fsp3) is 0.0714. The molecule has 9 heteroatoms. The molecule has 0 radical (unpaired) electrons. The molecule has 23 heavy (non-hydrogen) atoms. The van der Waals surface area contributed by atoms with Crippen molar-refractivity contribution in [2.45, 2.75) is 6.18 Å². The molecule has 6 nitrogen and oxygen atoms in total. The molecule has 0 amide bonds. The Bertz CT molecular complexity index is 792. The fourth-order valence-corrected chi connectivity index (χ4v) is 1.81. The van der Waals surface area contributed by atoms with Crippen molar-refractivity contribution in [1.82, 2.24) is 0 Å². The normalized spacial score (nSPS) is 11.8. The molecule has 0 unspecified atom stereocenters. The van der Waals surface area contributed by atoms with Crippen molar-refractivity contribution >= 4 is 17.7 Å². The number of nitrogens with zero attached hydrogens (tertiary/aromatic N) is 1. The summed E-state index contributed by atoms with van der Waals surface area (Å²) in [4.78, 5) is 20.5. The van der Waals surface area contributed by atoms with Crippen molar-refractivity contribution in [3.05, 3.63) is 57.8 Å². The molecule has 0 aliphatic carbocycles. The zero-order valence-electron chi connectivity index (χ0n) is 11.2. The van der Waals surface area contributed by atoms with E-state index in [2.05, 4.69) is 0 Å². The van der Waals surface area contributed by atoms with Crippen LogP contribution in [0, 0.1) is 10.1 Å². The lowest BCUT2D eigenvalue weighted by atomic mass is 10.1. The summed E-state index contributed by atoms with van der Waals surface area (Å²) in [5, 5.41) is 19.5. The maximum atomic E-state index is 12.6. The van der Waals surface area contributed by atoms with Gasteiger partial charge in [0.25, 0.3) is 5.69 Å². The van der Waals surface area contributed by atoms with E-state index in [1.807, 2.05) is 0 Å². The van der Waals surface area contributed by atoms with Crippen molar-refractivity contribution < 1.29 is 32.4 Å². The molecule has 1 heterocycles. The maximum absolute atomic E-state index is 12.6. The average Bonchev–Trinajstić information content (AvgIpc) is 2.92. The molecule has 0 saturated carbocycles. The van der Waals surface area contributed by atoms with Crippen molar-refractivity contribution in [3.63, 3.8) is 0 Å². The number of carbonyl (C=O) groups is 1. The first-order valence-electron chi connectivity index (χ1n) is 6.05. The quantitative estimate of drug-likeness (QED) is 0.521. The highest BCUT2D eigenvalue weighted by atomic mass is 19.4. The fourth-order valence-electron chi connectivity index (χ4n) is 1.81. The predicted octanol–water partition coefficient (Wildman–Crippen LogP) is 3.97. The number of carboxylic acids is 1. The van der Waals surface area contributed by atoms with Crippen LogP contribution >= 0.6 is 0 Å². The number of nitro benzene ring substituents is 1. The van der Waals surface area contributed by atoms with E-state index < -0.39 is 28.3 Å². The maximum Gasteiger partial charge on any atom is 0.416 e. The van der Waals surface area contributed by atoms with Gasteiger partial charge >= 0.3 is 12.1 Å². The number of carboxylic acid groups (broad SMARTS) is 1.